The third kappa shape index (κ3) is 6.23. The first kappa shape index (κ1) is 21.2. The molecule has 2 atom stereocenters. The molecule has 154 valence electrons. The number of thiocarbonyl (C=S) groups is 1. The molecular weight excluding hydrogens is 378 g/mol. The molecule has 2 aromatic rings. The van der Waals surface area contributed by atoms with Crippen LogP contribution in [0.4, 0.5) is 11.4 Å². The molecule has 1 heterocycles. The van der Waals surface area contributed by atoms with Gasteiger partial charge in [-0.1, -0.05) is 31.7 Å². The zero-order chi connectivity index (χ0) is 20.6. The Bertz CT molecular complexity index is 804. The summed E-state index contributed by atoms with van der Waals surface area (Å²) in [5, 5.41) is 7.19. The molecule has 0 aromatic heterocycles. The normalized spacial score (nSPS) is 17.3. The summed E-state index contributed by atoms with van der Waals surface area (Å²) in [5.74, 6) is 1.58. The van der Waals surface area contributed by atoms with Crippen molar-refractivity contribution in [1.82, 2.24) is 5.32 Å². The monoisotopic (exact) mass is 409 g/mol. The third-order valence-electron chi connectivity index (χ3n) is 5.24. The molecule has 4 nitrogen and oxygen atoms in total. The maximum atomic E-state index is 5.50. The van der Waals surface area contributed by atoms with Crippen molar-refractivity contribution < 1.29 is 4.74 Å². The summed E-state index contributed by atoms with van der Waals surface area (Å²) >= 11 is 5.48. The van der Waals surface area contributed by atoms with Crippen molar-refractivity contribution in [2.75, 3.05) is 29.9 Å². The van der Waals surface area contributed by atoms with Crippen LogP contribution >= 0.6 is 12.2 Å². The van der Waals surface area contributed by atoms with E-state index < -0.39 is 0 Å². The molecule has 1 saturated heterocycles. The Morgan fingerprint density at radius 3 is 2.62 bits per heavy atom. The number of piperidine rings is 1. The van der Waals surface area contributed by atoms with Crippen molar-refractivity contribution in [3.8, 4) is 5.75 Å². The number of anilines is 2. The van der Waals surface area contributed by atoms with Crippen LogP contribution < -0.4 is 20.3 Å². The summed E-state index contributed by atoms with van der Waals surface area (Å²) in [6.45, 7) is 10.9. The molecule has 3 rings (SSSR count). The lowest BCUT2D eigenvalue weighted by atomic mass is 9.99. The predicted molar refractivity (Wildman–Crippen MR) is 127 cm³/mol. The lowest BCUT2D eigenvalue weighted by molar-refractivity contribution is 0.363. The Balaban J connectivity index is 1.52. The number of ether oxygens (including phenoxy) is 1. The van der Waals surface area contributed by atoms with Gasteiger partial charge in [-0.25, -0.2) is 0 Å². The van der Waals surface area contributed by atoms with E-state index in [0.717, 1.165) is 30.4 Å². The zero-order valence-corrected chi connectivity index (χ0v) is 18.2. The van der Waals surface area contributed by atoms with E-state index in [1.807, 2.05) is 24.3 Å². The van der Waals surface area contributed by atoms with Crippen LogP contribution in [0.2, 0.25) is 0 Å². The lowest BCUT2D eigenvalue weighted by Crippen LogP contribution is -2.34. The highest BCUT2D eigenvalue weighted by Gasteiger charge is 2.17. The fourth-order valence-electron chi connectivity index (χ4n) is 3.63. The fraction of sp³-hybridized carbons (Fsp3) is 0.375. The predicted octanol–water partition coefficient (Wildman–Crippen LogP) is 5.54. The van der Waals surface area contributed by atoms with E-state index in [1.54, 1.807) is 6.08 Å². The molecule has 0 radical (unpaired) electrons. The summed E-state index contributed by atoms with van der Waals surface area (Å²) in [6.07, 6.45) is 4.35. The van der Waals surface area contributed by atoms with Crippen molar-refractivity contribution in [2.45, 2.75) is 32.7 Å². The Morgan fingerprint density at radius 1 is 1.24 bits per heavy atom. The summed E-state index contributed by atoms with van der Waals surface area (Å²) in [6, 6.07) is 16.7. The Labute approximate surface area is 180 Å². The molecule has 0 bridgehead atoms. The van der Waals surface area contributed by atoms with Gasteiger partial charge in [-0.3, -0.25) is 0 Å². The van der Waals surface area contributed by atoms with Crippen LogP contribution in [0, 0.1) is 5.92 Å². The smallest absolute Gasteiger partial charge is 0.171 e. The van der Waals surface area contributed by atoms with Crippen LogP contribution in [0.25, 0.3) is 0 Å². The Kier molecular flexibility index (Phi) is 7.53. The van der Waals surface area contributed by atoms with Gasteiger partial charge in [-0.15, -0.1) is 0 Å². The van der Waals surface area contributed by atoms with Crippen molar-refractivity contribution in [3.05, 3.63) is 66.7 Å². The summed E-state index contributed by atoms with van der Waals surface area (Å²) in [7, 11) is 0. The molecule has 0 aliphatic carbocycles. The van der Waals surface area contributed by atoms with Gasteiger partial charge in [0.05, 0.1) is 6.04 Å². The standard InChI is InChI=1S/C24H31N3OS/c1-4-16-28-23-13-9-21(10-14-23)26-24(29)25-19(3)20-7-11-22(12-8-20)27-15-5-6-18(2)17-27/h4,7-14,18-19H,1,5-6,15-17H2,2-3H3,(H2,25,26,29)/t18-,19+/m1/s1. The third-order valence-corrected chi connectivity index (χ3v) is 5.46. The van der Waals surface area contributed by atoms with Crippen LogP contribution in [0.5, 0.6) is 5.75 Å². The molecule has 29 heavy (non-hydrogen) atoms. The molecule has 2 aromatic carbocycles. The molecule has 2 N–H and O–H groups in total. The van der Waals surface area contributed by atoms with E-state index in [1.165, 1.54) is 24.1 Å². The largest absolute Gasteiger partial charge is 0.490 e. The van der Waals surface area contributed by atoms with E-state index in [0.29, 0.717) is 11.7 Å². The Morgan fingerprint density at radius 2 is 1.97 bits per heavy atom. The minimum atomic E-state index is 0.125. The van der Waals surface area contributed by atoms with Crippen LogP contribution in [0.3, 0.4) is 0 Å². The minimum absolute atomic E-state index is 0.125. The summed E-state index contributed by atoms with van der Waals surface area (Å²) in [5.41, 5.74) is 3.46. The summed E-state index contributed by atoms with van der Waals surface area (Å²) in [4.78, 5) is 2.49. The molecular formula is C24H31N3OS. The van der Waals surface area contributed by atoms with Crippen molar-refractivity contribution in [2.24, 2.45) is 5.92 Å². The molecule has 1 aliphatic heterocycles. The van der Waals surface area contributed by atoms with Gasteiger partial charge in [0, 0.05) is 24.5 Å². The van der Waals surface area contributed by atoms with E-state index in [2.05, 4.69) is 60.2 Å². The fourth-order valence-corrected chi connectivity index (χ4v) is 3.93. The lowest BCUT2D eigenvalue weighted by Gasteiger charge is -2.33. The highest BCUT2D eigenvalue weighted by molar-refractivity contribution is 7.80. The van der Waals surface area contributed by atoms with Gasteiger partial charge in [0.2, 0.25) is 0 Å². The van der Waals surface area contributed by atoms with E-state index in [-0.39, 0.29) is 6.04 Å². The van der Waals surface area contributed by atoms with Gasteiger partial charge < -0.3 is 20.3 Å². The summed E-state index contributed by atoms with van der Waals surface area (Å²) < 4.78 is 5.50. The van der Waals surface area contributed by atoms with Crippen molar-refractivity contribution in [3.63, 3.8) is 0 Å². The number of hydrogen-bond acceptors (Lipinski definition) is 3. The zero-order valence-electron chi connectivity index (χ0n) is 17.4. The topological polar surface area (TPSA) is 36.5 Å². The van der Waals surface area contributed by atoms with E-state index in [4.69, 9.17) is 17.0 Å². The molecule has 0 spiro atoms. The molecule has 5 heteroatoms. The van der Waals surface area contributed by atoms with Crippen LogP contribution in [0.1, 0.15) is 38.3 Å². The van der Waals surface area contributed by atoms with Gasteiger partial charge in [0.15, 0.2) is 5.11 Å². The maximum Gasteiger partial charge on any atom is 0.171 e. The molecule has 1 aliphatic rings. The second-order valence-corrected chi connectivity index (χ2v) is 8.14. The Hall–Kier alpha value is -2.53. The highest BCUT2D eigenvalue weighted by atomic mass is 32.1. The number of benzene rings is 2. The van der Waals surface area contributed by atoms with Gasteiger partial charge in [0.25, 0.3) is 0 Å². The molecule has 0 unspecified atom stereocenters. The average Bonchev–Trinajstić information content (AvgIpc) is 2.73. The molecule has 1 fully saturated rings. The minimum Gasteiger partial charge on any atom is -0.490 e. The average molecular weight is 410 g/mol. The second-order valence-electron chi connectivity index (χ2n) is 7.73. The molecule has 0 saturated carbocycles. The van der Waals surface area contributed by atoms with Gasteiger partial charge in [-0.2, -0.15) is 0 Å². The first-order valence-corrected chi connectivity index (χ1v) is 10.7. The van der Waals surface area contributed by atoms with E-state index in [9.17, 15) is 0 Å². The highest BCUT2D eigenvalue weighted by Crippen LogP contribution is 2.24. The van der Waals surface area contributed by atoms with Gasteiger partial charge >= 0.3 is 0 Å². The van der Waals surface area contributed by atoms with Gasteiger partial charge in [0.1, 0.15) is 12.4 Å². The van der Waals surface area contributed by atoms with Gasteiger partial charge in [-0.05, 0) is 79.9 Å². The number of rotatable bonds is 7. The second kappa shape index (κ2) is 10.3. The molecule has 0 amide bonds. The van der Waals surface area contributed by atoms with Crippen LogP contribution in [-0.4, -0.2) is 24.8 Å². The first-order chi connectivity index (χ1) is 14.0. The van der Waals surface area contributed by atoms with Crippen molar-refractivity contribution in [1.29, 1.82) is 0 Å². The number of nitrogens with one attached hydrogen (secondary N) is 2. The first-order valence-electron chi connectivity index (χ1n) is 10.3. The number of nitrogens with zero attached hydrogens (tertiary/aromatic N) is 1. The maximum absolute atomic E-state index is 5.50. The van der Waals surface area contributed by atoms with E-state index >= 15 is 0 Å². The van der Waals surface area contributed by atoms with Crippen LogP contribution in [0.15, 0.2) is 61.2 Å². The van der Waals surface area contributed by atoms with Crippen molar-refractivity contribution >= 4 is 28.7 Å². The SMILES string of the molecule is C=CCOc1ccc(NC(=S)N[C@@H](C)c2ccc(N3CCC[C@@H](C)C3)cc2)cc1. The quantitative estimate of drug-likeness (QED) is 0.464. The number of hydrogen-bond donors (Lipinski definition) is 2. The van der Waals surface area contributed by atoms with Crippen LogP contribution in [-0.2, 0) is 0 Å².